The van der Waals surface area contributed by atoms with E-state index in [1.165, 1.54) is 22.3 Å². The number of hydrogen-bond donors (Lipinski definition) is 2. The van der Waals surface area contributed by atoms with E-state index in [4.69, 9.17) is 9.97 Å². The summed E-state index contributed by atoms with van der Waals surface area (Å²) in [4.78, 5) is 32.8. The quantitative estimate of drug-likeness (QED) is 0.102. The minimum absolute atomic E-state index is 0.0328. The van der Waals surface area contributed by atoms with Crippen LogP contribution in [-0.4, -0.2) is 24.9 Å². The van der Waals surface area contributed by atoms with Crippen LogP contribution in [0.15, 0.2) is 97.1 Å². The van der Waals surface area contributed by atoms with E-state index in [0.717, 1.165) is 81.8 Å². The van der Waals surface area contributed by atoms with Crippen molar-refractivity contribution in [3.63, 3.8) is 0 Å². The van der Waals surface area contributed by atoms with Gasteiger partial charge in [0.25, 0.3) is 5.69 Å². The maximum atomic E-state index is 14.0. The summed E-state index contributed by atoms with van der Waals surface area (Å²) in [6, 6.07) is 35.1. The molecule has 5 heterocycles. The number of nitrogens with one attached hydrogen (secondary N) is 2. The highest BCUT2D eigenvalue weighted by atomic mass is 127. The zero-order chi connectivity index (χ0) is 55.4. The molecule has 8 bridgehead atoms. The zero-order valence-electron chi connectivity index (χ0n) is 48.1. The first-order valence-electron chi connectivity index (χ1n) is 26.7. The van der Waals surface area contributed by atoms with Crippen molar-refractivity contribution in [3.05, 3.63) is 167 Å². The second-order valence-corrected chi connectivity index (χ2v) is 28.6. The third kappa shape index (κ3) is 10.8. The van der Waals surface area contributed by atoms with Gasteiger partial charge in [-0.25, -0.2) is 9.97 Å². The van der Waals surface area contributed by atoms with Crippen LogP contribution in [0.4, 0.5) is 5.69 Å². The largest absolute Gasteiger partial charge is 0.354 e. The number of hydrogen-bond acceptors (Lipinski definition) is 4. The van der Waals surface area contributed by atoms with Crippen molar-refractivity contribution >= 4 is 74.6 Å². The molecular weight excluding hydrogens is 1050 g/mol. The van der Waals surface area contributed by atoms with Gasteiger partial charge in [0, 0.05) is 42.9 Å². The first-order chi connectivity index (χ1) is 35.1. The lowest BCUT2D eigenvalue weighted by Gasteiger charge is -2.26. The molecule has 0 saturated heterocycles. The molecule has 2 aliphatic heterocycles. The van der Waals surface area contributed by atoms with Crippen molar-refractivity contribution in [3.8, 4) is 44.5 Å². The summed E-state index contributed by atoms with van der Waals surface area (Å²) >= 11 is 2.36. The number of halogens is 1. The molecule has 7 nitrogen and oxygen atoms in total. The van der Waals surface area contributed by atoms with Crippen molar-refractivity contribution in [1.82, 2.24) is 19.9 Å². The average molecular weight is 1120 g/mol. The van der Waals surface area contributed by atoms with Crippen LogP contribution in [0, 0.1) is 13.7 Å². The predicted octanol–water partition coefficient (Wildman–Crippen LogP) is 19.6. The molecule has 0 radical (unpaired) electrons. The Morgan fingerprint density at radius 2 is 0.711 bits per heavy atom. The summed E-state index contributed by atoms with van der Waals surface area (Å²) in [5.41, 5.74) is 18.6. The molecule has 8 heteroatoms. The zero-order valence-corrected chi connectivity index (χ0v) is 50.2. The van der Waals surface area contributed by atoms with Gasteiger partial charge in [-0.2, -0.15) is 0 Å². The Labute approximate surface area is 465 Å². The monoisotopic (exact) mass is 1120 g/mol. The lowest BCUT2D eigenvalue weighted by molar-refractivity contribution is -0.382. The van der Waals surface area contributed by atoms with Gasteiger partial charge in [-0.3, -0.25) is 10.1 Å². The molecule has 0 spiro atoms. The SMILES string of the molecule is CC(C)(C)c1cc(-c2c3nc(c(-c4ccc(I)cc4)c4ccc([nH]4)c(-c4cc(C(C)(C)C)cc(C(C)(C)C)c4)c4cc([N+](=O)[O-])c([nH]4)c(-c4cc(C(C)(C)C)cc(C(C)(C)C)c4)c4nc2C=C4)C=C3)cc(C(C)(C)C)c1. The molecule has 0 fully saturated rings. The Morgan fingerprint density at radius 1 is 0.382 bits per heavy atom. The summed E-state index contributed by atoms with van der Waals surface area (Å²) in [5, 5.41) is 14.0. The first-order valence-corrected chi connectivity index (χ1v) is 27.8. The molecular formula is C68H76IN5O2. The predicted molar refractivity (Wildman–Crippen MR) is 332 cm³/mol. The van der Waals surface area contributed by atoms with E-state index in [2.05, 4.69) is 266 Å². The molecule has 2 N–H and O–H groups in total. The average Bonchev–Trinajstić information content (AvgIpc) is 4.16. The number of fused-ring (bicyclic) bond motifs is 8. The summed E-state index contributed by atoms with van der Waals surface area (Å²) in [7, 11) is 0. The Kier molecular flexibility index (Phi) is 13.6. The second-order valence-electron chi connectivity index (χ2n) is 27.3. The van der Waals surface area contributed by atoms with Gasteiger partial charge in [0.1, 0.15) is 5.52 Å². The van der Waals surface area contributed by atoms with E-state index in [-0.39, 0.29) is 43.1 Å². The Morgan fingerprint density at radius 3 is 1.08 bits per heavy atom. The fraction of sp³-hybridized carbons (Fsp3) is 0.353. The molecule has 7 aromatic rings. The topological polar surface area (TPSA) is 100 Å². The third-order valence-electron chi connectivity index (χ3n) is 15.0. The summed E-state index contributed by atoms with van der Waals surface area (Å²) < 4.78 is 1.13. The lowest BCUT2D eigenvalue weighted by atomic mass is 9.78. The molecule has 0 atom stereocenters. The van der Waals surface area contributed by atoms with Crippen LogP contribution in [0.3, 0.4) is 0 Å². The van der Waals surface area contributed by atoms with E-state index < -0.39 is 0 Å². The molecule has 392 valence electrons. The van der Waals surface area contributed by atoms with Crippen LogP contribution in [0.1, 0.15) is 181 Å². The first kappa shape index (κ1) is 54.4. The van der Waals surface area contributed by atoms with Crippen molar-refractivity contribution in [2.45, 2.75) is 157 Å². The minimum Gasteiger partial charge on any atom is -0.354 e. The smallest absolute Gasteiger partial charge is 0.295 e. The maximum absolute atomic E-state index is 14.0. The number of aromatic nitrogens is 4. The van der Waals surface area contributed by atoms with Gasteiger partial charge in [-0.1, -0.05) is 191 Å². The summed E-state index contributed by atoms with van der Waals surface area (Å²) in [6.07, 6.45) is 8.39. The van der Waals surface area contributed by atoms with Crippen molar-refractivity contribution < 1.29 is 4.92 Å². The van der Waals surface area contributed by atoms with Crippen LogP contribution >= 0.6 is 22.6 Å². The molecule has 9 rings (SSSR count). The molecule has 0 aliphatic carbocycles. The molecule has 4 aromatic carbocycles. The highest BCUT2D eigenvalue weighted by molar-refractivity contribution is 14.1. The van der Waals surface area contributed by atoms with E-state index >= 15 is 0 Å². The van der Waals surface area contributed by atoms with Gasteiger partial charge in [-0.05, 0) is 159 Å². The number of aromatic amines is 2. The van der Waals surface area contributed by atoms with Gasteiger partial charge in [0.15, 0.2) is 0 Å². The van der Waals surface area contributed by atoms with Crippen LogP contribution in [0.5, 0.6) is 0 Å². The van der Waals surface area contributed by atoms with Crippen LogP contribution in [-0.2, 0) is 32.5 Å². The normalized spacial score (nSPS) is 13.5. The van der Waals surface area contributed by atoms with Crippen LogP contribution in [0.2, 0.25) is 0 Å². The van der Waals surface area contributed by atoms with Crippen molar-refractivity contribution in [1.29, 1.82) is 0 Å². The number of H-pyrrole nitrogens is 2. The highest BCUT2D eigenvalue weighted by Crippen LogP contribution is 2.45. The fourth-order valence-electron chi connectivity index (χ4n) is 10.2. The van der Waals surface area contributed by atoms with Gasteiger partial charge in [-0.15, -0.1) is 0 Å². The standard InChI is InChI=1S/C68H76IN5O2/c1-63(2,3)43-29-40(30-44(35-43)64(4,5)6)59-52-25-23-50(70-52)58(39-19-21-49(69)22-20-39)51-24-26-54(71-51)60(41-31-45(65(7,8)9)36-46(32-41)66(10,11)12)56-38-57(74(75)76)62(73-56)61(55-28-27-53(59)72-55)42-33-47(67(13,14)15)37-48(34-42)68(16,17)18/h19-38,71,73H,1-18H3. The second kappa shape index (κ2) is 19.0. The number of benzene rings is 4. The summed E-state index contributed by atoms with van der Waals surface area (Å²) in [6.45, 7) is 40.3. The van der Waals surface area contributed by atoms with Crippen molar-refractivity contribution in [2.75, 3.05) is 0 Å². The van der Waals surface area contributed by atoms with Gasteiger partial charge in [0.2, 0.25) is 0 Å². The fourth-order valence-corrected chi connectivity index (χ4v) is 10.5. The molecule has 0 saturated carbocycles. The van der Waals surface area contributed by atoms with Crippen LogP contribution in [0.25, 0.3) is 90.9 Å². The number of nitrogens with zero attached hydrogens (tertiary/aromatic N) is 3. The molecule has 0 unspecified atom stereocenters. The number of rotatable bonds is 5. The van der Waals surface area contributed by atoms with E-state index in [1.54, 1.807) is 6.07 Å². The Balaban J connectivity index is 1.58. The maximum Gasteiger partial charge on any atom is 0.295 e. The van der Waals surface area contributed by atoms with E-state index in [0.29, 0.717) is 22.3 Å². The minimum atomic E-state index is -0.239. The van der Waals surface area contributed by atoms with Gasteiger partial charge >= 0.3 is 0 Å². The highest BCUT2D eigenvalue weighted by Gasteiger charge is 2.30. The third-order valence-corrected chi connectivity index (χ3v) is 15.8. The van der Waals surface area contributed by atoms with Crippen LogP contribution < -0.4 is 0 Å². The molecule has 2 aliphatic rings. The van der Waals surface area contributed by atoms with E-state index in [9.17, 15) is 10.1 Å². The number of nitro groups is 1. The van der Waals surface area contributed by atoms with Gasteiger partial charge in [0.05, 0.1) is 33.2 Å². The summed E-state index contributed by atoms with van der Waals surface area (Å²) in [5.74, 6) is 0. The molecule has 76 heavy (non-hydrogen) atoms. The molecule has 0 amide bonds. The van der Waals surface area contributed by atoms with Crippen molar-refractivity contribution in [2.24, 2.45) is 0 Å². The lowest BCUT2D eigenvalue weighted by Crippen LogP contribution is -2.16. The van der Waals surface area contributed by atoms with Gasteiger partial charge < -0.3 is 9.97 Å². The molecule has 3 aromatic heterocycles. The van der Waals surface area contributed by atoms with E-state index in [1.807, 2.05) is 6.08 Å². The Bertz CT molecular complexity index is 3630. The Hall–Kier alpha value is -6.39.